The van der Waals surface area contributed by atoms with Crippen LogP contribution in [0.15, 0.2) is 41.3 Å². The Bertz CT molecular complexity index is 1020. The molecule has 3 rings (SSSR count). The first-order valence-corrected chi connectivity index (χ1v) is 11.0. The number of nitrogens with zero attached hydrogens (tertiary/aromatic N) is 1. The van der Waals surface area contributed by atoms with Crippen molar-refractivity contribution in [3.63, 3.8) is 0 Å². The van der Waals surface area contributed by atoms with Gasteiger partial charge in [-0.05, 0) is 43.7 Å². The molecule has 0 aliphatic carbocycles. The number of carbonyl (C=O) groups is 1. The molecule has 1 saturated heterocycles. The summed E-state index contributed by atoms with van der Waals surface area (Å²) in [6, 6.07) is 10.2. The van der Waals surface area contributed by atoms with E-state index in [1.165, 1.54) is 23.5 Å². The van der Waals surface area contributed by atoms with E-state index in [-0.39, 0.29) is 30.3 Å². The van der Waals surface area contributed by atoms with Crippen molar-refractivity contribution in [1.29, 1.82) is 0 Å². The van der Waals surface area contributed by atoms with Crippen LogP contribution in [-0.2, 0) is 19.6 Å². The number of ether oxygens (including phenoxy) is 3. The molecule has 1 fully saturated rings. The van der Waals surface area contributed by atoms with Crippen molar-refractivity contribution in [2.75, 3.05) is 45.3 Å². The molecule has 0 bridgehead atoms. The molecule has 8 nitrogen and oxygen atoms in total. The maximum atomic E-state index is 13.0. The smallest absolute Gasteiger partial charge is 0.262 e. The lowest BCUT2D eigenvalue weighted by Gasteiger charge is -2.26. The molecular formula is C21H26N2O6S. The normalized spacial score (nSPS) is 14.9. The van der Waals surface area contributed by atoms with Crippen LogP contribution in [0.5, 0.6) is 11.5 Å². The summed E-state index contributed by atoms with van der Waals surface area (Å²) in [5.74, 6) is 0.446. The van der Waals surface area contributed by atoms with Crippen LogP contribution < -0.4 is 14.8 Å². The van der Waals surface area contributed by atoms with E-state index >= 15 is 0 Å². The Morgan fingerprint density at radius 2 is 1.80 bits per heavy atom. The van der Waals surface area contributed by atoms with Gasteiger partial charge >= 0.3 is 0 Å². The van der Waals surface area contributed by atoms with E-state index in [1.807, 2.05) is 32.0 Å². The monoisotopic (exact) mass is 434 g/mol. The highest BCUT2D eigenvalue weighted by Gasteiger charge is 2.29. The third-order valence-corrected chi connectivity index (χ3v) is 6.64. The van der Waals surface area contributed by atoms with E-state index in [9.17, 15) is 13.2 Å². The molecule has 1 aliphatic rings. The molecule has 1 heterocycles. The second-order valence-electron chi connectivity index (χ2n) is 6.99. The number of nitrogens with one attached hydrogen (secondary N) is 1. The highest BCUT2D eigenvalue weighted by Crippen LogP contribution is 2.30. The van der Waals surface area contributed by atoms with Crippen molar-refractivity contribution in [2.45, 2.75) is 18.7 Å². The molecule has 0 saturated carbocycles. The molecule has 2 aromatic carbocycles. The largest absolute Gasteiger partial charge is 0.495 e. The number of rotatable bonds is 7. The number of aryl methyl sites for hydroxylation is 2. The molecule has 1 amide bonds. The molecule has 9 heteroatoms. The molecule has 1 aliphatic heterocycles. The van der Waals surface area contributed by atoms with Crippen LogP contribution in [0.25, 0.3) is 0 Å². The molecule has 162 valence electrons. The lowest BCUT2D eigenvalue weighted by molar-refractivity contribution is -0.118. The number of hydrogen-bond donors (Lipinski definition) is 1. The fraction of sp³-hybridized carbons (Fsp3) is 0.381. The van der Waals surface area contributed by atoms with Crippen molar-refractivity contribution in [1.82, 2.24) is 4.31 Å². The Hall–Kier alpha value is -2.62. The van der Waals surface area contributed by atoms with Gasteiger partial charge in [-0.15, -0.1) is 0 Å². The average molecular weight is 435 g/mol. The Labute approximate surface area is 176 Å². The summed E-state index contributed by atoms with van der Waals surface area (Å²) in [4.78, 5) is 12.3. The van der Waals surface area contributed by atoms with Crippen molar-refractivity contribution in [2.24, 2.45) is 0 Å². The lowest BCUT2D eigenvalue weighted by atomic mass is 10.1. The summed E-state index contributed by atoms with van der Waals surface area (Å²) in [7, 11) is -2.38. The standard InChI is InChI=1S/C21H26N2O6S/c1-15-4-6-18(16(2)12-15)29-14-21(24)22-17-5-7-19(27-3)20(13-17)30(25,26)23-8-10-28-11-9-23/h4-7,12-13H,8-11,14H2,1-3H3,(H,22,24). The van der Waals surface area contributed by atoms with Gasteiger partial charge in [-0.2, -0.15) is 4.31 Å². The van der Waals surface area contributed by atoms with Gasteiger partial charge in [0.05, 0.1) is 20.3 Å². The van der Waals surface area contributed by atoms with Crippen LogP contribution in [0.4, 0.5) is 5.69 Å². The van der Waals surface area contributed by atoms with Gasteiger partial charge in [-0.25, -0.2) is 8.42 Å². The summed E-state index contributed by atoms with van der Waals surface area (Å²) < 4.78 is 43.5. The van der Waals surface area contributed by atoms with Crippen LogP contribution in [0, 0.1) is 13.8 Å². The number of anilines is 1. The molecule has 0 atom stereocenters. The molecule has 0 unspecified atom stereocenters. The predicted molar refractivity (Wildman–Crippen MR) is 113 cm³/mol. The summed E-state index contributed by atoms with van der Waals surface area (Å²) in [5, 5.41) is 2.68. The molecule has 30 heavy (non-hydrogen) atoms. The first-order chi connectivity index (χ1) is 14.3. The highest BCUT2D eigenvalue weighted by molar-refractivity contribution is 7.89. The summed E-state index contributed by atoms with van der Waals surface area (Å²) in [5.41, 5.74) is 2.39. The zero-order chi connectivity index (χ0) is 21.7. The van der Waals surface area contributed by atoms with E-state index in [0.717, 1.165) is 11.1 Å². The Balaban J connectivity index is 1.73. The third kappa shape index (κ3) is 5.10. The van der Waals surface area contributed by atoms with E-state index < -0.39 is 15.9 Å². The van der Waals surface area contributed by atoms with Crippen LogP contribution >= 0.6 is 0 Å². The number of hydrogen-bond acceptors (Lipinski definition) is 6. The summed E-state index contributed by atoms with van der Waals surface area (Å²) in [6.07, 6.45) is 0. The highest BCUT2D eigenvalue weighted by atomic mass is 32.2. The summed E-state index contributed by atoms with van der Waals surface area (Å²) in [6.45, 7) is 4.92. The minimum atomic E-state index is -3.78. The molecule has 2 aromatic rings. The molecule has 0 radical (unpaired) electrons. The van der Waals surface area contributed by atoms with Gasteiger partial charge in [-0.3, -0.25) is 4.79 Å². The van der Waals surface area contributed by atoms with Gasteiger partial charge in [0.15, 0.2) is 6.61 Å². The Morgan fingerprint density at radius 3 is 2.47 bits per heavy atom. The molecule has 0 aromatic heterocycles. The topological polar surface area (TPSA) is 94.2 Å². The third-order valence-electron chi connectivity index (χ3n) is 4.72. The van der Waals surface area contributed by atoms with Crippen LogP contribution in [0.2, 0.25) is 0 Å². The van der Waals surface area contributed by atoms with E-state index in [2.05, 4.69) is 5.32 Å². The van der Waals surface area contributed by atoms with Crippen LogP contribution in [0.1, 0.15) is 11.1 Å². The SMILES string of the molecule is COc1ccc(NC(=O)COc2ccc(C)cc2C)cc1S(=O)(=O)N1CCOCC1. The fourth-order valence-electron chi connectivity index (χ4n) is 3.18. The van der Waals surface area contributed by atoms with E-state index in [1.54, 1.807) is 6.07 Å². The lowest BCUT2D eigenvalue weighted by Crippen LogP contribution is -2.40. The fourth-order valence-corrected chi connectivity index (χ4v) is 4.77. The van der Waals surface area contributed by atoms with Crippen molar-refractivity contribution >= 4 is 21.6 Å². The van der Waals surface area contributed by atoms with Crippen molar-refractivity contribution < 1.29 is 27.4 Å². The first-order valence-electron chi connectivity index (χ1n) is 9.57. The van der Waals surface area contributed by atoms with Gasteiger partial charge in [-0.1, -0.05) is 17.7 Å². The van der Waals surface area contributed by atoms with Gasteiger partial charge in [0.2, 0.25) is 10.0 Å². The van der Waals surface area contributed by atoms with Gasteiger partial charge in [0.25, 0.3) is 5.91 Å². The average Bonchev–Trinajstić information content (AvgIpc) is 2.73. The predicted octanol–water partition coefficient (Wildman–Crippen LogP) is 2.35. The number of carbonyl (C=O) groups excluding carboxylic acids is 1. The minimum Gasteiger partial charge on any atom is -0.495 e. The molecule has 1 N–H and O–H groups in total. The number of morpholine rings is 1. The minimum absolute atomic E-state index is 0.00000241. The van der Waals surface area contributed by atoms with Crippen LogP contribution in [0.3, 0.4) is 0 Å². The van der Waals surface area contributed by atoms with Gasteiger partial charge in [0.1, 0.15) is 16.4 Å². The van der Waals surface area contributed by atoms with Gasteiger partial charge in [0, 0.05) is 18.8 Å². The zero-order valence-corrected chi connectivity index (χ0v) is 18.1. The zero-order valence-electron chi connectivity index (χ0n) is 17.3. The quantitative estimate of drug-likeness (QED) is 0.719. The maximum absolute atomic E-state index is 13.0. The van der Waals surface area contributed by atoms with Crippen molar-refractivity contribution in [3.05, 3.63) is 47.5 Å². The van der Waals surface area contributed by atoms with Gasteiger partial charge < -0.3 is 19.5 Å². The number of sulfonamides is 1. The van der Waals surface area contributed by atoms with E-state index in [4.69, 9.17) is 14.2 Å². The number of benzene rings is 2. The first kappa shape index (κ1) is 22.1. The number of amides is 1. The van der Waals surface area contributed by atoms with Crippen molar-refractivity contribution in [3.8, 4) is 11.5 Å². The molecule has 0 spiro atoms. The van der Waals surface area contributed by atoms with E-state index in [0.29, 0.717) is 24.7 Å². The molecular weight excluding hydrogens is 408 g/mol. The second-order valence-corrected chi connectivity index (χ2v) is 8.89. The second kappa shape index (κ2) is 9.46. The van der Waals surface area contributed by atoms with Crippen LogP contribution in [-0.4, -0.2) is 58.7 Å². The summed E-state index contributed by atoms with van der Waals surface area (Å²) >= 11 is 0. The maximum Gasteiger partial charge on any atom is 0.262 e. The Kier molecular flexibility index (Phi) is 6.96. The Morgan fingerprint density at radius 1 is 1.10 bits per heavy atom. The number of methoxy groups -OCH3 is 1.